The number of hydrogen-bond donors (Lipinski definition) is 1. The standard InChI is InChI=1S/C28H26N4O3/c1-34-25-8-4-5-21(28(25)35-22-6-2-3-7-22)11-14-27-31-23-12-9-19(18-33)15-24(23)32(27)26-13-10-20(16-29)17-30-26/h4-5,8-15,17,22,33H,2-3,6-7,18H2,1H3. The third kappa shape index (κ3) is 4.61. The summed E-state index contributed by atoms with van der Waals surface area (Å²) >= 11 is 0. The Balaban J connectivity index is 1.60. The molecule has 5 rings (SSSR count). The number of nitrogens with zero attached hydrogens (tertiary/aromatic N) is 4. The molecule has 1 N–H and O–H groups in total. The van der Waals surface area contributed by atoms with Crippen LogP contribution in [-0.4, -0.2) is 32.9 Å². The van der Waals surface area contributed by atoms with E-state index in [1.807, 2.05) is 53.1 Å². The number of hydrogen-bond acceptors (Lipinski definition) is 6. The van der Waals surface area contributed by atoms with Gasteiger partial charge in [0.2, 0.25) is 0 Å². The van der Waals surface area contributed by atoms with Crippen LogP contribution in [0.15, 0.2) is 54.7 Å². The minimum Gasteiger partial charge on any atom is -0.493 e. The fraction of sp³-hybridized carbons (Fsp3) is 0.250. The highest BCUT2D eigenvalue weighted by molar-refractivity contribution is 5.83. The summed E-state index contributed by atoms with van der Waals surface area (Å²) in [5, 5.41) is 18.8. The zero-order valence-corrected chi connectivity index (χ0v) is 19.5. The van der Waals surface area contributed by atoms with Gasteiger partial charge in [-0.15, -0.1) is 0 Å². The topological polar surface area (TPSA) is 93.2 Å². The van der Waals surface area contributed by atoms with Crippen LogP contribution in [0, 0.1) is 11.3 Å². The van der Waals surface area contributed by atoms with Gasteiger partial charge in [-0.05, 0) is 73.7 Å². The lowest BCUT2D eigenvalue weighted by atomic mass is 10.1. The molecule has 7 heteroatoms. The summed E-state index contributed by atoms with van der Waals surface area (Å²) in [6.07, 6.45) is 10.1. The fourth-order valence-corrected chi connectivity index (χ4v) is 4.46. The monoisotopic (exact) mass is 466 g/mol. The smallest absolute Gasteiger partial charge is 0.168 e. The molecule has 1 fully saturated rings. The molecule has 0 amide bonds. The predicted molar refractivity (Wildman–Crippen MR) is 134 cm³/mol. The number of aromatic nitrogens is 3. The quantitative estimate of drug-likeness (QED) is 0.398. The summed E-state index contributed by atoms with van der Waals surface area (Å²) in [6.45, 7) is -0.0707. The van der Waals surface area contributed by atoms with Gasteiger partial charge in [0.25, 0.3) is 0 Å². The molecule has 2 aromatic heterocycles. The Hall–Kier alpha value is -4.15. The molecule has 0 atom stereocenters. The van der Waals surface area contributed by atoms with Crippen molar-refractivity contribution >= 4 is 23.2 Å². The molecule has 0 aliphatic heterocycles. The summed E-state index contributed by atoms with van der Waals surface area (Å²) in [6, 6.07) is 17.1. The van der Waals surface area contributed by atoms with Gasteiger partial charge in [0.1, 0.15) is 17.7 Å². The van der Waals surface area contributed by atoms with Gasteiger partial charge in [-0.2, -0.15) is 5.26 Å². The second-order valence-corrected chi connectivity index (χ2v) is 8.54. The van der Waals surface area contributed by atoms with E-state index in [4.69, 9.17) is 19.7 Å². The highest BCUT2D eigenvalue weighted by Gasteiger charge is 2.20. The third-order valence-electron chi connectivity index (χ3n) is 6.26. The van der Waals surface area contributed by atoms with E-state index >= 15 is 0 Å². The van der Waals surface area contributed by atoms with Gasteiger partial charge in [0.05, 0.1) is 36.4 Å². The minimum atomic E-state index is -0.0707. The Morgan fingerprint density at radius 1 is 1.14 bits per heavy atom. The Labute approximate surface area is 203 Å². The average Bonchev–Trinajstić information content (AvgIpc) is 3.55. The van der Waals surface area contributed by atoms with Gasteiger partial charge in [0, 0.05) is 11.8 Å². The number of rotatable bonds is 7. The number of fused-ring (bicyclic) bond motifs is 1. The number of ether oxygens (including phenoxy) is 2. The molecular formula is C28H26N4O3. The summed E-state index contributed by atoms with van der Waals surface area (Å²) in [5.41, 5.74) is 3.76. The van der Waals surface area contributed by atoms with Crippen molar-refractivity contribution in [2.75, 3.05) is 7.11 Å². The summed E-state index contributed by atoms with van der Waals surface area (Å²) < 4.78 is 13.9. The number of benzene rings is 2. The van der Waals surface area contributed by atoms with Crippen LogP contribution < -0.4 is 9.47 Å². The second kappa shape index (κ2) is 10.00. The first-order chi connectivity index (χ1) is 17.2. The number of methoxy groups -OCH3 is 1. The average molecular weight is 467 g/mol. The number of nitriles is 1. The lowest BCUT2D eigenvalue weighted by Gasteiger charge is -2.18. The van der Waals surface area contributed by atoms with Crippen LogP contribution in [0.4, 0.5) is 0 Å². The SMILES string of the molecule is COc1cccc(C=Cc2nc3ccc(CO)cc3n2-c2ccc(C#N)cn2)c1OC1CCCC1. The van der Waals surface area contributed by atoms with E-state index in [1.165, 1.54) is 12.8 Å². The molecule has 0 bridgehead atoms. The molecule has 0 spiro atoms. The third-order valence-corrected chi connectivity index (χ3v) is 6.26. The first-order valence-corrected chi connectivity index (χ1v) is 11.7. The molecule has 7 nitrogen and oxygen atoms in total. The maximum Gasteiger partial charge on any atom is 0.168 e. The van der Waals surface area contributed by atoms with Crippen LogP contribution in [0.5, 0.6) is 11.5 Å². The van der Waals surface area contributed by atoms with E-state index < -0.39 is 0 Å². The van der Waals surface area contributed by atoms with Crippen molar-refractivity contribution in [2.45, 2.75) is 38.4 Å². The maximum atomic E-state index is 9.66. The predicted octanol–water partition coefficient (Wildman–Crippen LogP) is 5.28. The molecule has 1 saturated carbocycles. The minimum absolute atomic E-state index is 0.0707. The summed E-state index contributed by atoms with van der Waals surface area (Å²) in [4.78, 5) is 9.30. The van der Waals surface area contributed by atoms with E-state index in [1.54, 1.807) is 25.4 Å². The maximum absolute atomic E-state index is 9.66. The van der Waals surface area contributed by atoms with Gasteiger partial charge >= 0.3 is 0 Å². The number of aliphatic hydroxyl groups is 1. The normalized spacial score (nSPS) is 14.0. The van der Waals surface area contributed by atoms with E-state index in [9.17, 15) is 5.11 Å². The van der Waals surface area contributed by atoms with Crippen LogP contribution in [0.25, 0.3) is 29.0 Å². The number of aliphatic hydroxyl groups excluding tert-OH is 1. The molecule has 4 aromatic rings. The Bertz CT molecular complexity index is 1410. The first-order valence-electron chi connectivity index (χ1n) is 11.7. The second-order valence-electron chi connectivity index (χ2n) is 8.54. The van der Waals surface area contributed by atoms with Crippen molar-refractivity contribution in [3.05, 3.63) is 77.2 Å². The summed E-state index contributed by atoms with van der Waals surface area (Å²) in [5.74, 6) is 2.74. The van der Waals surface area contributed by atoms with Crippen LogP contribution in [0.1, 0.15) is 48.2 Å². The van der Waals surface area contributed by atoms with Crippen LogP contribution in [0.3, 0.4) is 0 Å². The lowest BCUT2D eigenvalue weighted by Crippen LogP contribution is -2.12. The van der Waals surface area contributed by atoms with Crippen molar-refractivity contribution in [3.63, 3.8) is 0 Å². The highest BCUT2D eigenvalue weighted by atomic mass is 16.5. The zero-order chi connectivity index (χ0) is 24.2. The van der Waals surface area contributed by atoms with E-state index in [-0.39, 0.29) is 12.7 Å². The van der Waals surface area contributed by atoms with E-state index in [2.05, 4.69) is 11.1 Å². The molecular weight excluding hydrogens is 440 g/mol. The van der Waals surface area contributed by atoms with Crippen molar-refractivity contribution in [2.24, 2.45) is 0 Å². The van der Waals surface area contributed by atoms with E-state index in [0.29, 0.717) is 23.0 Å². The molecule has 0 radical (unpaired) electrons. The number of imidazole rings is 1. The molecule has 0 saturated heterocycles. The number of pyridine rings is 1. The first kappa shape index (κ1) is 22.6. The number of para-hydroxylation sites is 1. The van der Waals surface area contributed by atoms with Crippen molar-refractivity contribution < 1.29 is 14.6 Å². The van der Waals surface area contributed by atoms with Gasteiger partial charge in [-0.3, -0.25) is 4.57 Å². The van der Waals surface area contributed by atoms with Crippen molar-refractivity contribution in [1.82, 2.24) is 14.5 Å². The molecule has 1 aliphatic rings. The molecule has 0 unspecified atom stereocenters. The van der Waals surface area contributed by atoms with Crippen LogP contribution in [-0.2, 0) is 6.61 Å². The van der Waals surface area contributed by atoms with Crippen LogP contribution in [0.2, 0.25) is 0 Å². The molecule has 176 valence electrons. The van der Waals surface area contributed by atoms with Gasteiger partial charge in [-0.25, -0.2) is 9.97 Å². The molecule has 2 aromatic carbocycles. The molecule has 35 heavy (non-hydrogen) atoms. The van der Waals surface area contributed by atoms with Gasteiger partial charge in [-0.1, -0.05) is 18.2 Å². The van der Waals surface area contributed by atoms with Crippen molar-refractivity contribution in [1.29, 1.82) is 5.26 Å². The largest absolute Gasteiger partial charge is 0.493 e. The Morgan fingerprint density at radius 2 is 2.00 bits per heavy atom. The van der Waals surface area contributed by atoms with Gasteiger partial charge in [0.15, 0.2) is 11.5 Å². The molecule has 2 heterocycles. The van der Waals surface area contributed by atoms with E-state index in [0.717, 1.165) is 40.8 Å². The van der Waals surface area contributed by atoms with Crippen molar-refractivity contribution in [3.8, 4) is 23.4 Å². The molecule has 1 aliphatic carbocycles. The zero-order valence-electron chi connectivity index (χ0n) is 19.5. The lowest BCUT2D eigenvalue weighted by molar-refractivity contribution is 0.200. The van der Waals surface area contributed by atoms with Crippen LogP contribution >= 0.6 is 0 Å². The Morgan fingerprint density at radius 3 is 2.71 bits per heavy atom. The van der Waals surface area contributed by atoms with Gasteiger partial charge < -0.3 is 14.6 Å². The Kier molecular flexibility index (Phi) is 6.47. The highest BCUT2D eigenvalue weighted by Crippen LogP contribution is 2.36. The summed E-state index contributed by atoms with van der Waals surface area (Å²) in [7, 11) is 1.65. The fourth-order valence-electron chi connectivity index (χ4n) is 4.46.